The lowest BCUT2D eigenvalue weighted by atomic mass is 9.91. The van der Waals surface area contributed by atoms with E-state index in [-0.39, 0.29) is 0 Å². The molecule has 0 bridgehead atoms. The van der Waals surface area contributed by atoms with Gasteiger partial charge in [0.1, 0.15) is 18.0 Å². The van der Waals surface area contributed by atoms with Crippen molar-refractivity contribution in [2.45, 2.75) is 18.6 Å². The van der Waals surface area contributed by atoms with Crippen LogP contribution in [0.5, 0.6) is 5.75 Å². The highest BCUT2D eigenvalue weighted by molar-refractivity contribution is 5.33. The Hall–Kier alpha value is -1.88. The quantitative estimate of drug-likeness (QED) is 0.664. The summed E-state index contributed by atoms with van der Waals surface area (Å²) in [7, 11) is 5.06. The van der Waals surface area contributed by atoms with Gasteiger partial charge in [0.25, 0.3) is 0 Å². The third-order valence-electron chi connectivity index (χ3n) is 4.09. The first-order valence-electron chi connectivity index (χ1n) is 8.04. The molecule has 130 valence electrons. The predicted octanol–water partition coefficient (Wildman–Crippen LogP) is 3.79. The van der Waals surface area contributed by atoms with Gasteiger partial charge in [-0.15, -0.1) is 0 Å². The van der Waals surface area contributed by atoms with Crippen molar-refractivity contribution in [3.8, 4) is 5.75 Å². The van der Waals surface area contributed by atoms with Crippen LogP contribution in [0.15, 0.2) is 54.6 Å². The van der Waals surface area contributed by atoms with Crippen LogP contribution in [0.4, 0.5) is 0 Å². The standard InChI is InChI=1S/C20H26O4/c1-21-13-12-20(23-3,16-22-2)18-10-7-11-19(14-18)24-15-17-8-5-4-6-9-17/h4-11,14H,12-13,15-16H2,1-3H3. The zero-order valence-electron chi connectivity index (χ0n) is 14.7. The average Bonchev–Trinajstić information content (AvgIpc) is 2.64. The molecule has 2 aromatic rings. The van der Waals surface area contributed by atoms with Crippen molar-refractivity contribution >= 4 is 0 Å². The first-order valence-corrected chi connectivity index (χ1v) is 8.04. The van der Waals surface area contributed by atoms with Crippen molar-refractivity contribution in [3.05, 3.63) is 65.7 Å². The summed E-state index contributed by atoms with van der Waals surface area (Å²) in [6.07, 6.45) is 0.704. The SMILES string of the molecule is COCCC(COC)(OC)c1cccc(OCc2ccccc2)c1. The number of benzene rings is 2. The number of hydrogen-bond acceptors (Lipinski definition) is 4. The van der Waals surface area contributed by atoms with Crippen molar-refractivity contribution in [1.82, 2.24) is 0 Å². The highest BCUT2D eigenvalue weighted by Gasteiger charge is 2.32. The van der Waals surface area contributed by atoms with Crippen LogP contribution in [-0.2, 0) is 26.4 Å². The fraction of sp³-hybridized carbons (Fsp3) is 0.400. The molecular formula is C20H26O4. The van der Waals surface area contributed by atoms with Gasteiger partial charge in [-0.2, -0.15) is 0 Å². The van der Waals surface area contributed by atoms with Crippen molar-refractivity contribution in [2.24, 2.45) is 0 Å². The Morgan fingerprint density at radius 1 is 0.875 bits per heavy atom. The van der Waals surface area contributed by atoms with E-state index in [0.717, 1.165) is 16.9 Å². The first-order chi connectivity index (χ1) is 11.7. The maximum Gasteiger partial charge on any atom is 0.120 e. The van der Waals surface area contributed by atoms with Gasteiger partial charge in [0.2, 0.25) is 0 Å². The van der Waals surface area contributed by atoms with Crippen LogP contribution in [0.3, 0.4) is 0 Å². The highest BCUT2D eigenvalue weighted by atomic mass is 16.5. The van der Waals surface area contributed by atoms with Gasteiger partial charge in [0, 0.05) is 34.4 Å². The Bertz CT molecular complexity index is 600. The molecule has 0 aromatic heterocycles. The molecular weight excluding hydrogens is 304 g/mol. The van der Waals surface area contributed by atoms with E-state index in [2.05, 4.69) is 0 Å². The Morgan fingerprint density at radius 2 is 1.67 bits per heavy atom. The van der Waals surface area contributed by atoms with Crippen LogP contribution in [0.1, 0.15) is 17.5 Å². The maximum atomic E-state index is 5.93. The van der Waals surface area contributed by atoms with E-state index in [1.165, 1.54) is 0 Å². The van der Waals surface area contributed by atoms with E-state index in [4.69, 9.17) is 18.9 Å². The Kier molecular flexibility index (Phi) is 7.25. The van der Waals surface area contributed by atoms with E-state index >= 15 is 0 Å². The lowest BCUT2D eigenvalue weighted by Crippen LogP contribution is -2.35. The third kappa shape index (κ3) is 4.81. The molecule has 0 aliphatic rings. The molecule has 0 aliphatic heterocycles. The highest BCUT2D eigenvalue weighted by Crippen LogP contribution is 2.32. The van der Waals surface area contributed by atoms with Crippen LogP contribution in [0.25, 0.3) is 0 Å². The van der Waals surface area contributed by atoms with E-state index < -0.39 is 5.60 Å². The summed E-state index contributed by atoms with van der Waals surface area (Å²) in [5.74, 6) is 0.811. The Balaban J connectivity index is 2.16. The number of rotatable bonds is 10. The van der Waals surface area contributed by atoms with Gasteiger partial charge >= 0.3 is 0 Å². The minimum atomic E-state index is -0.545. The molecule has 0 saturated heterocycles. The molecule has 0 N–H and O–H groups in total. The molecule has 1 atom stereocenters. The minimum absolute atomic E-state index is 0.453. The zero-order valence-corrected chi connectivity index (χ0v) is 14.7. The summed E-state index contributed by atoms with van der Waals surface area (Å²) in [6, 6.07) is 18.1. The largest absolute Gasteiger partial charge is 0.489 e. The molecule has 0 amide bonds. The second kappa shape index (κ2) is 9.42. The van der Waals surface area contributed by atoms with Crippen LogP contribution in [0.2, 0.25) is 0 Å². The second-order valence-corrected chi connectivity index (χ2v) is 5.68. The van der Waals surface area contributed by atoms with Crippen molar-refractivity contribution in [2.75, 3.05) is 34.5 Å². The van der Waals surface area contributed by atoms with E-state index in [1.54, 1.807) is 21.3 Å². The number of ether oxygens (including phenoxy) is 4. The third-order valence-corrected chi connectivity index (χ3v) is 4.09. The topological polar surface area (TPSA) is 36.9 Å². The Labute approximate surface area is 144 Å². The molecule has 0 heterocycles. The summed E-state index contributed by atoms with van der Waals surface area (Å²) in [5.41, 5.74) is 1.61. The number of methoxy groups -OCH3 is 3. The lowest BCUT2D eigenvalue weighted by Gasteiger charge is -2.32. The summed E-state index contributed by atoms with van der Waals surface area (Å²) < 4.78 is 22.4. The average molecular weight is 330 g/mol. The zero-order chi connectivity index (χ0) is 17.3. The van der Waals surface area contributed by atoms with Crippen LogP contribution in [-0.4, -0.2) is 34.5 Å². The smallest absolute Gasteiger partial charge is 0.120 e. The maximum absolute atomic E-state index is 5.93. The molecule has 4 nitrogen and oxygen atoms in total. The van der Waals surface area contributed by atoms with Gasteiger partial charge in [-0.25, -0.2) is 0 Å². The first kappa shape index (κ1) is 18.5. The van der Waals surface area contributed by atoms with Crippen molar-refractivity contribution < 1.29 is 18.9 Å². The minimum Gasteiger partial charge on any atom is -0.489 e. The van der Waals surface area contributed by atoms with Gasteiger partial charge in [-0.05, 0) is 23.3 Å². The van der Waals surface area contributed by atoms with Gasteiger partial charge in [-0.1, -0.05) is 42.5 Å². The van der Waals surface area contributed by atoms with Gasteiger partial charge < -0.3 is 18.9 Å². The van der Waals surface area contributed by atoms with Crippen LogP contribution in [0, 0.1) is 0 Å². The molecule has 2 rings (SSSR count). The molecule has 0 spiro atoms. The lowest BCUT2D eigenvalue weighted by molar-refractivity contribution is -0.0849. The van der Waals surface area contributed by atoms with E-state index in [1.807, 2.05) is 54.6 Å². The normalized spacial score (nSPS) is 13.5. The molecule has 0 radical (unpaired) electrons. The van der Waals surface area contributed by atoms with Crippen LogP contribution < -0.4 is 4.74 Å². The molecule has 0 saturated carbocycles. The summed E-state index contributed by atoms with van der Waals surface area (Å²) in [6.45, 7) is 1.58. The summed E-state index contributed by atoms with van der Waals surface area (Å²) in [4.78, 5) is 0. The summed E-state index contributed by atoms with van der Waals surface area (Å²) >= 11 is 0. The van der Waals surface area contributed by atoms with Crippen LogP contribution >= 0.6 is 0 Å². The monoisotopic (exact) mass is 330 g/mol. The summed E-state index contributed by atoms with van der Waals surface area (Å²) in [5, 5.41) is 0. The van der Waals surface area contributed by atoms with E-state index in [9.17, 15) is 0 Å². The molecule has 2 aromatic carbocycles. The second-order valence-electron chi connectivity index (χ2n) is 5.68. The molecule has 0 fully saturated rings. The predicted molar refractivity (Wildman–Crippen MR) is 94.3 cm³/mol. The van der Waals surface area contributed by atoms with E-state index in [0.29, 0.717) is 26.2 Å². The van der Waals surface area contributed by atoms with Crippen molar-refractivity contribution in [3.63, 3.8) is 0 Å². The fourth-order valence-corrected chi connectivity index (χ4v) is 2.69. The van der Waals surface area contributed by atoms with Gasteiger partial charge in [0.05, 0.1) is 6.61 Å². The van der Waals surface area contributed by atoms with Gasteiger partial charge in [-0.3, -0.25) is 0 Å². The molecule has 24 heavy (non-hydrogen) atoms. The van der Waals surface area contributed by atoms with Gasteiger partial charge in [0.15, 0.2) is 0 Å². The Morgan fingerprint density at radius 3 is 2.33 bits per heavy atom. The van der Waals surface area contributed by atoms with Crippen molar-refractivity contribution in [1.29, 1.82) is 0 Å². The number of hydrogen-bond donors (Lipinski definition) is 0. The molecule has 0 aliphatic carbocycles. The fourth-order valence-electron chi connectivity index (χ4n) is 2.69. The molecule has 1 unspecified atom stereocenters. The molecule has 4 heteroatoms.